The van der Waals surface area contributed by atoms with E-state index in [2.05, 4.69) is 17.4 Å². The van der Waals surface area contributed by atoms with E-state index in [0.29, 0.717) is 18.0 Å². The van der Waals surface area contributed by atoms with E-state index < -0.39 is 4.92 Å². The number of aryl methyl sites for hydroxylation is 1. The van der Waals surface area contributed by atoms with Gasteiger partial charge in [-0.3, -0.25) is 14.9 Å². The van der Waals surface area contributed by atoms with Crippen molar-refractivity contribution in [3.8, 4) is 0 Å². The largest absolute Gasteiger partial charge is 0.351 e. The highest BCUT2D eigenvalue weighted by atomic mass is 16.6. The van der Waals surface area contributed by atoms with Gasteiger partial charge >= 0.3 is 0 Å². The molecule has 2 aromatic rings. The molecule has 5 heteroatoms. The Morgan fingerprint density at radius 2 is 2.05 bits per heavy atom. The van der Waals surface area contributed by atoms with E-state index in [1.54, 1.807) is 19.1 Å². The van der Waals surface area contributed by atoms with E-state index in [9.17, 15) is 14.9 Å². The number of fused-ring (bicyclic) bond motifs is 1. The number of nitro benzene ring substituents is 1. The van der Waals surface area contributed by atoms with Crippen LogP contribution in [0.3, 0.4) is 0 Å². The Balaban J connectivity index is 1.73. The normalized spacial score (nSPS) is 15.6. The lowest BCUT2D eigenvalue weighted by Crippen LogP contribution is -2.33. The van der Waals surface area contributed by atoms with Crippen LogP contribution in [0.15, 0.2) is 42.5 Å². The van der Waals surface area contributed by atoms with Gasteiger partial charge in [-0.1, -0.05) is 36.4 Å². The average molecular weight is 296 g/mol. The lowest BCUT2D eigenvalue weighted by Gasteiger charge is -2.30. The van der Waals surface area contributed by atoms with E-state index >= 15 is 0 Å². The first-order chi connectivity index (χ1) is 10.6. The van der Waals surface area contributed by atoms with E-state index in [0.717, 1.165) is 6.42 Å². The number of carbonyl (C=O) groups excluding carboxylic acids is 1. The molecule has 0 radical (unpaired) electrons. The van der Waals surface area contributed by atoms with Crippen LogP contribution >= 0.6 is 0 Å². The van der Waals surface area contributed by atoms with Crippen molar-refractivity contribution in [2.75, 3.05) is 6.54 Å². The highest BCUT2D eigenvalue weighted by Gasteiger charge is 2.27. The molecule has 1 aliphatic rings. The molecule has 3 rings (SSSR count). The molecule has 22 heavy (non-hydrogen) atoms. The molecule has 1 atom stereocenters. The Morgan fingerprint density at radius 3 is 2.77 bits per heavy atom. The van der Waals surface area contributed by atoms with Gasteiger partial charge in [-0.25, -0.2) is 0 Å². The molecule has 5 nitrogen and oxygen atoms in total. The first-order valence-corrected chi connectivity index (χ1v) is 7.18. The van der Waals surface area contributed by atoms with Crippen molar-refractivity contribution in [3.63, 3.8) is 0 Å². The second kappa shape index (κ2) is 5.60. The Bertz CT molecular complexity index is 755. The summed E-state index contributed by atoms with van der Waals surface area (Å²) < 4.78 is 0. The predicted octanol–water partition coefficient (Wildman–Crippen LogP) is 2.97. The van der Waals surface area contributed by atoms with Crippen molar-refractivity contribution < 1.29 is 9.72 Å². The van der Waals surface area contributed by atoms with Gasteiger partial charge in [0.2, 0.25) is 0 Å². The minimum absolute atomic E-state index is 0.147. The summed E-state index contributed by atoms with van der Waals surface area (Å²) in [5, 5.41) is 13.9. The molecular weight excluding hydrogens is 280 g/mol. The van der Waals surface area contributed by atoms with Crippen molar-refractivity contribution in [2.45, 2.75) is 19.3 Å². The first-order valence-electron chi connectivity index (χ1n) is 7.18. The zero-order valence-corrected chi connectivity index (χ0v) is 12.2. The topological polar surface area (TPSA) is 72.2 Å². The second-order valence-corrected chi connectivity index (χ2v) is 5.54. The molecule has 0 spiro atoms. The molecule has 0 bridgehead atoms. The quantitative estimate of drug-likeness (QED) is 0.696. The summed E-state index contributed by atoms with van der Waals surface area (Å²) in [4.78, 5) is 22.9. The highest BCUT2D eigenvalue weighted by Crippen LogP contribution is 2.34. The van der Waals surface area contributed by atoms with Crippen LogP contribution in [0.4, 0.5) is 5.69 Å². The van der Waals surface area contributed by atoms with Gasteiger partial charge in [0.05, 0.1) is 4.92 Å². The minimum Gasteiger partial charge on any atom is -0.351 e. The van der Waals surface area contributed by atoms with Crippen LogP contribution in [0, 0.1) is 17.0 Å². The molecule has 0 aliphatic heterocycles. The third kappa shape index (κ3) is 2.45. The fraction of sp³-hybridized carbons (Fsp3) is 0.235. The molecule has 112 valence electrons. The number of hydrogen-bond acceptors (Lipinski definition) is 3. The Morgan fingerprint density at radius 1 is 1.27 bits per heavy atom. The van der Waals surface area contributed by atoms with Gasteiger partial charge in [-0.05, 0) is 30.0 Å². The number of amides is 1. The van der Waals surface area contributed by atoms with Crippen LogP contribution in [-0.2, 0) is 6.42 Å². The van der Waals surface area contributed by atoms with Gasteiger partial charge in [0.25, 0.3) is 11.6 Å². The van der Waals surface area contributed by atoms with Gasteiger partial charge in [0.1, 0.15) is 5.56 Å². The van der Waals surface area contributed by atoms with Gasteiger partial charge < -0.3 is 5.32 Å². The fourth-order valence-corrected chi connectivity index (χ4v) is 2.95. The maximum absolute atomic E-state index is 12.3. The first kappa shape index (κ1) is 14.3. The summed E-state index contributed by atoms with van der Waals surface area (Å²) in [5.41, 5.74) is 3.18. The predicted molar refractivity (Wildman–Crippen MR) is 83.1 cm³/mol. The number of benzene rings is 2. The molecule has 0 aromatic heterocycles. The fourth-order valence-electron chi connectivity index (χ4n) is 2.95. The van der Waals surface area contributed by atoms with E-state index in [-0.39, 0.29) is 17.2 Å². The zero-order valence-electron chi connectivity index (χ0n) is 12.2. The van der Waals surface area contributed by atoms with Crippen LogP contribution in [0.2, 0.25) is 0 Å². The molecule has 0 fully saturated rings. The molecule has 2 aromatic carbocycles. The van der Waals surface area contributed by atoms with Crippen LogP contribution in [0.5, 0.6) is 0 Å². The van der Waals surface area contributed by atoms with Crippen LogP contribution < -0.4 is 5.32 Å². The zero-order chi connectivity index (χ0) is 15.7. The number of carbonyl (C=O) groups is 1. The van der Waals surface area contributed by atoms with Crippen molar-refractivity contribution in [1.29, 1.82) is 0 Å². The van der Waals surface area contributed by atoms with Crippen molar-refractivity contribution >= 4 is 11.6 Å². The number of hydrogen-bond donors (Lipinski definition) is 1. The van der Waals surface area contributed by atoms with E-state index in [1.807, 2.05) is 12.1 Å². The monoisotopic (exact) mass is 296 g/mol. The van der Waals surface area contributed by atoms with E-state index in [4.69, 9.17) is 0 Å². The molecule has 0 heterocycles. The summed E-state index contributed by atoms with van der Waals surface area (Å²) in [5.74, 6) is -0.0857. The summed E-state index contributed by atoms with van der Waals surface area (Å²) in [6, 6.07) is 12.8. The van der Waals surface area contributed by atoms with Crippen LogP contribution in [0.1, 0.15) is 33.0 Å². The summed E-state index contributed by atoms with van der Waals surface area (Å²) >= 11 is 0. The highest BCUT2D eigenvalue weighted by molar-refractivity contribution is 5.99. The third-order valence-electron chi connectivity index (χ3n) is 4.14. The van der Waals surface area contributed by atoms with Crippen LogP contribution in [-0.4, -0.2) is 17.4 Å². The molecule has 1 amide bonds. The van der Waals surface area contributed by atoms with Gasteiger partial charge in [0.15, 0.2) is 0 Å². The number of nitrogens with one attached hydrogen (secondary N) is 1. The minimum atomic E-state index is -0.513. The molecule has 0 unspecified atom stereocenters. The molecule has 0 saturated heterocycles. The van der Waals surface area contributed by atoms with Crippen molar-refractivity contribution in [1.82, 2.24) is 5.32 Å². The third-order valence-corrected chi connectivity index (χ3v) is 4.14. The Hall–Kier alpha value is -2.69. The molecule has 1 aliphatic carbocycles. The van der Waals surface area contributed by atoms with Gasteiger partial charge in [-0.15, -0.1) is 0 Å². The smallest absolute Gasteiger partial charge is 0.282 e. The average Bonchev–Trinajstić information content (AvgIpc) is 2.47. The Kier molecular flexibility index (Phi) is 3.63. The van der Waals surface area contributed by atoms with E-state index in [1.165, 1.54) is 17.2 Å². The van der Waals surface area contributed by atoms with Crippen molar-refractivity contribution in [3.05, 3.63) is 74.8 Å². The molecule has 0 saturated carbocycles. The Labute approximate surface area is 128 Å². The van der Waals surface area contributed by atoms with Crippen LogP contribution in [0.25, 0.3) is 0 Å². The van der Waals surface area contributed by atoms with Gasteiger partial charge in [0, 0.05) is 18.5 Å². The summed E-state index contributed by atoms with van der Waals surface area (Å²) in [6.07, 6.45) is 0.937. The lowest BCUT2D eigenvalue weighted by molar-refractivity contribution is -0.385. The lowest BCUT2D eigenvalue weighted by atomic mass is 9.77. The SMILES string of the molecule is Cc1cccc([N+](=O)[O-])c1C(=O)NC[C@@H]1Cc2ccccc21. The number of nitrogens with zero attached hydrogens (tertiary/aromatic N) is 1. The summed E-state index contributed by atoms with van der Waals surface area (Å²) in [7, 11) is 0. The maximum atomic E-state index is 12.3. The molecular formula is C17H16N2O3. The molecule has 1 N–H and O–H groups in total. The maximum Gasteiger partial charge on any atom is 0.282 e. The number of rotatable bonds is 4. The van der Waals surface area contributed by atoms with Gasteiger partial charge in [-0.2, -0.15) is 0 Å². The summed E-state index contributed by atoms with van der Waals surface area (Å²) in [6.45, 7) is 2.21. The number of nitro groups is 1. The van der Waals surface area contributed by atoms with Crippen molar-refractivity contribution in [2.24, 2.45) is 0 Å². The standard InChI is InChI=1S/C17H16N2O3/c1-11-5-4-8-15(19(21)22)16(11)17(20)18-10-13-9-12-6-2-3-7-14(12)13/h2-8,13H,9-10H2,1H3,(H,18,20)/t13-/m0/s1. The second-order valence-electron chi connectivity index (χ2n) is 5.54.